The van der Waals surface area contributed by atoms with Gasteiger partial charge < -0.3 is 19.4 Å². The van der Waals surface area contributed by atoms with E-state index in [1.165, 1.54) is 0 Å². The SMILES string of the molecule is COc1ccc(C(=O)N2CCc3oc(-c4ccc(NC(=O)C5CCC5)cc4)cc3C2)cc1. The van der Waals surface area contributed by atoms with Crippen molar-refractivity contribution in [1.82, 2.24) is 4.90 Å². The fourth-order valence-corrected chi connectivity index (χ4v) is 4.20. The standard InChI is InChI=1S/C26H26N2O4/c1-31-22-11-7-19(8-12-22)26(30)28-14-13-23-20(16-28)15-24(32-23)17-5-9-21(10-6-17)27-25(29)18-3-2-4-18/h5-12,15,18H,2-4,13-14,16H2,1H3,(H,27,29). The number of ether oxygens (including phenoxy) is 1. The van der Waals surface area contributed by atoms with Crippen LogP contribution in [0.1, 0.15) is 40.9 Å². The van der Waals surface area contributed by atoms with Gasteiger partial charge in [-0.15, -0.1) is 0 Å². The van der Waals surface area contributed by atoms with E-state index < -0.39 is 0 Å². The van der Waals surface area contributed by atoms with Crippen molar-refractivity contribution in [3.05, 3.63) is 71.5 Å². The number of benzene rings is 2. The monoisotopic (exact) mass is 430 g/mol. The molecule has 2 aliphatic rings. The van der Waals surface area contributed by atoms with Crippen molar-refractivity contribution in [3.63, 3.8) is 0 Å². The third kappa shape index (κ3) is 4.00. The van der Waals surface area contributed by atoms with E-state index in [4.69, 9.17) is 9.15 Å². The smallest absolute Gasteiger partial charge is 0.254 e. The molecule has 0 spiro atoms. The molecular formula is C26H26N2O4. The maximum absolute atomic E-state index is 12.9. The number of methoxy groups -OCH3 is 1. The van der Waals surface area contributed by atoms with Crippen molar-refractivity contribution in [2.75, 3.05) is 19.0 Å². The molecule has 0 saturated heterocycles. The van der Waals surface area contributed by atoms with Crippen molar-refractivity contribution >= 4 is 17.5 Å². The van der Waals surface area contributed by atoms with Crippen molar-refractivity contribution in [1.29, 1.82) is 0 Å². The molecule has 1 fully saturated rings. The summed E-state index contributed by atoms with van der Waals surface area (Å²) in [6.45, 7) is 1.15. The molecule has 2 amide bonds. The molecule has 2 aromatic carbocycles. The molecule has 0 radical (unpaired) electrons. The van der Waals surface area contributed by atoms with Gasteiger partial charge in [-0.05, 0) is 67.4 Å². The predicted octanol–water partition coefficient (Wildman–Crippen LogP) is 4.89. The van der Waals surface area contributed by atoms with Gasteiger partial charge in [0.2, 0.25) is 5.91 Å². The van der Waals surface area contributed by atoms with Crippen LogP contribution >= 0.6 is 0 Å². The minimum Gasteiger partial charge on any atom is -0.497 e. The Morgan fingerprint density at radius 2 is 1.81 bits per heavy atom. The maximum atomic E-state index is 12.9. The number of hydrogen-bond donors (Lipinski definition) is 1. The highest BCUT2D eigenvalue weighted by Gasteiger charge is 2.26. The van der Waals surface area contributed by atoms with Gasteiger partial charge in [0.1, 0.15) is 17.3 Å². The van der Waals surface area contributed by atoms with Gasteiger partial charge in [0.05, 0.1) is 7.11 Å². The van der Waals surface area contributed by atoms with Crippen LogP contribution in [0.4, 0.5) is 5.69 Å². The molecule has 6 heteroatoms. The zero-order valence-electron chi connectivity index (χ0n) is 18.1. The van der Waals surface area contributed by atoms with E-state index in [1.54, 1.807) is 31.4 Å². The second-order valence-electron chi connectivity index (χ2n) is 8.46. The molecule has 3 aromatic rings. The number of carbonyl (C=O) groups excluding carboxylic acids is 2. The summed E-state index contributed by atoms with van der Waals surface area (Å²) in [5, 5.41) is 2.99. The Morgan fingerprint density at radius 1 is 1.06 bits per heavy atom. The van der Waals surface area contributed by atoms with Crippen LogP contribution < -0.4 is 10.1 Å². The van der Waals surface area contributed by atoms with Gasteiger partial charge in [-0.2, -0.15) is 0 Å². The topological polar surface area (TPSA) is 71.8 Å². The molecule has 1 N–H and O–H groups in total. The highest BCUT2D eigenvalue weighted by Crippen LogP contribution is 2.32. The number of furan rings is 1. The lowest BCUT2D eigenvalue weighted by Gasteiger charge is -2.26. The van der Waals surface area contributed by atoms with Crippen LogP contribution in [0.2, 0.25) is 0 Å². The lowest BCUT2D eigenvalue weighted by molar-refractivity contribution is -0.122. The molecule has 1 aliphatic carbocycles. The van der Waals surface area contributed by atoms with Crippen LogP contribution in [-0.4, -0.2) is 30.4 Å². The fourth-order valence-electron chi connectivity index (χ4n) is 4.20. The summed E-state index contributed by atoms with van der Waals surface area (Å²) in [5.41, 5.74) is 3.44. The molecule has 1 saturated carbocycles. The number of amides is 2. The Labute approximate surface area is 187 Å². The molecule has 0 atom stereocenters. The molecule has 164 valence electrons. The molecule has 0 unspecified atom stereocenters. The Morgan fingerprint density at radius 3 is 2.47 bits per heavy atom. The number of carbonyl (C=O) groups is 2. The first kappa shape index (κ1) is 20.4. The molecule has 2 heterocycles. The number of fused-ring (bicyclic) bond motifs is 1. The van der Waals surface area contributed by atoms with E-state index >= 15 is 0 Å². The van der Waals surface area contributed by atoms with E-state index in [-0.39, 0.29) is 17.7 Å². The van der Waals surface area contributed by atoms with Crippen molar-refractivity contribution in [2.24, 2.45) is 5.92 Å². The van der Waals surface area contributed by atoms with Crippen LogP contribution in [0.3, 0.4) is 0 Å². The summed E-state index contributed by atoms with van der Waals surface area (Å²) in [6, 6.07) is 17.0. The first-order chi connectivity index (χ1) is 15.6. The summed E-state index contributed by atoms with van der Waals surface area (Å²) >= 11 is 0. The average Bonchev–Trinajstić information content (AvgIpc) is 3.21. The Hall–Kier alpha value is -3.54. The van der Waals surface area contributed by atoms with Gasteiger partial charge >= 0.3 is 0 Å². The zero-order chi connectivity index (χ0) is 22.1. The van der Waals surface area contributed by atoms with Crippen molar-refractivity contribution in [3.8, 4) is 17.1 Å². The minimum absolute atomic E-state index is 0.00705. The number of nitrogens with zero attached hydrogens (tertiary/aromatic N) is 1. The summed E-state index contributed by atoms with van der Waals surface area (Å²) in [7, 11) is 1.61. The van der Waals surface area contributed by atoms with Gasteiger partial charge in [-0.3, -0.25) is 9.59 Å². The quantitative estimate of drug-likeness (QED) is 0.625. The molecule has 6 nitrogen and oxygen atoms in total. The summed E-state index contributed by atoms with van der Waals surface area (Å²) in [4.78, 5) is 26.9. The second kappa shape index (κ2) is 8.54. The highest BCUT2D eigenvalue weighted by atomic mass is 16.5. The summed E-state index contributed by atoms with van der Waals surface area (Å²) < 4.78 is 11.3. The fraction of sp³-hybridized carbons (Fsp3) is 0.308. The lowest BCUT2D eigenvalue weighted by atomic mass is 9.85. The van der Waals surface area contributed by atoms with Crippen LogP contribution in [0, 0.1) is 5.92 Å². The van der Waals surface area contributed by atoms with Gasteiger partial charge in [-0.1, -0.05) is 6.42 Å². The highest BCUT2D eigenvalue weighted by molar-refractivity contribution is 5.94. The second-order valence-corrected chi connectivity index (χ2v) is 8.46. The number of anilines is 1. The largest absolute Gasteiger partial charge is 0.497 e. The third-order valence-electron chi connectivity index (χ3n) is 6.40. The lowest BCUT2D eigenvalue weighted by Crippen LogP contribution is -2.35. The Balaban J connectivity index is 1.26. The van der Waals surface area contributed by atoms with E-state index in [0.29, 0.717) is 25.1 Å². The third-order valence-corrected chi connectivity index (χ3v) is 6.40. The molecule has 1 aliphatic heterocycles. The van der Waals surface area contributed by atoms with Gasteiger partial charge in [-0.25, -0.2) is 0 Å². The van der Waals surface area contributed by atoms with Gasteiger partial charge in [0.25, 0.3) is 5.91 Å². The van der Waals surface area contributed by atoms with Crippen molar-refractivity contribution < 1.29 is 18.7 Å². The summed E-state index contributed by atoms with van der Waals surface area (Å²) in [6.07, 6.45) is 3.80. The molecule has 32 heavy (non-hydrogen) atoms. The van der Waals surface area contributed by atoms with E-state index in [9.17, 15) is 9.59 Å². The van der Waals surface area contributed by atoms with Crippen LogP contribution in [-0.2, 0) is 17.8 Å². The Bertz CT molecular complexity index is 1130. The predicted molar refractivity (Wildman–Crippen MR) is 122 cm³/mol. The number of rotatable bonds is 5. The minimum atomic E-state index is 0.00705. The van der Waals surface area contributed by atoms with Crippen LogP contribution in [0.15, 0.2) is 59.0 Å². The van der Waals surface area contributed by atoms with Crippen molar-refractivity contribution in [2.45, 2.75) is 32.2 Å². The number of nitrogens with one attached hydrogen (secondary N) is 1. The van der Waals surface area contributed by atoms with E-state index in [2.05, 4.69) is 5.32 Å². The molecule has 1 aromatic heterocycles. The first-order valence-corrected chi connectivity index (χ1v) is 11.1. The molecule has 0 bridgehead atoms. The van der Waals surface area contributed by atoms with Gasteiger partial charge in [0, 0.05) is 47.8 Å². The molecular weight excluding hydrogens is 404 g/mol. The first-order valence-electron chi connectivity index (χ1n) is 11.1. The van der Waals surface area contributed by atoms with Gasteiger partial charge in [0.15, 0.2) is 0 Å². The Kier molecular flexibility index (Phi) is 5.43. The zero-order valence-corrected chi connectivity index (χ0v) is 18.1. The van der Waals surface area contributed by atoms with Crippen LogP contribution in [0.5, 0.6) is 5.75 Å². The number of hydrogen-bond acceptors (Lipinski definition) is 4. The van der Waals surface area contributed by atoms with E-state index in [0.717, 1.165) is 53.3 Å². The van der Waals surface area contributed by atoms with E-state index in [1.807, 2.05) is 35.2 Å². The van der Waals surface area contributed by atoms with Crippen LogP contribution in [0.25, 0.3) is 11.3 Å². The average molecular weight is 431 g/mol. The maximum Gasteiger partial charge on any atom is 0.254 e. The summed E-state index contributed by atoms with van der Waals surface area (Å²) in [5.74, 6) is 2.73. The molecule has 5 rings (SSSR count). The normalized spacial score (nSPS) is 15.6.